The van der Waals surface area contributed by atoms with Crippen molar-refractivity contribution in [2.45, 2.75) is 10.8 Å². The second-order valence-electron chi connectivity index (χ2n) is 3.91. The lowest BCUT2D eigenvalue weighted by atomic mass is 10.2. The van der Waals surface area contributed by atoms with Crippen LogP contribution >= 0.6 is 35.0 Å². The molecule has 18 heavy (non-hydrogen) atoms. The average molecular weight is 326 g/mol. The second-order valence-corrected chi connectivity index (χ2v) is 7.72. The van der Waals surface area contributed by atoms with Gasteiger partial charge in [0.05, 0.1) is 5.02 Å². The van der Waals surface area contributed by atoms with E-state index in [1.165, 1.54) is 4.31 Å². The van der Waals surface area contributed by atoms with Crippen molar-refractivity contribution in [1.29, 1.82) is 0 Å². The van der Waals surface area contributed by atoms with E-state index in [4.69, 9.17) is 23.2 Å². The molecule has 1 aliphatic heterocycles. The Bertz CT molecular complexity index is 528. The van der Waals surface area contributed by atoms with Crippen LogP contribution < -0.4 is 0 Å². The van der Waals surface area contributed by atoms with E-state index in [0.717, 1.165) is 17.1 Å². The number of nitrogens with zero attached hydrogens (tertiary/aromatic N) is 1. The first-order valence-corrected chi connectivity index (χ1v) is 8.98. The summed E-state index contributed by atoms with van der Waals surface area (Å²) in [6, 6.07) is 4.89. The smallest absolute Gasteiger partial charge is 0.207 e. The molecule has 0 aliphatic carbocycles. The van der Waals surface area contributed by atoms with Gasteiger partial charge in [0.25, 0.3) is 0 Å². The fraction of sp³-hybridized carbons (Fsp3) is 0.455. The van der Waals surface area contributed by atoms with E-state index >= 15 is 0 Å². The first-order chi connectivity index (χ1) is 8.55. The Labute approximate surface area is 122 Å². The van der Waals surface area contributed by atoms with Crippen LogP contribution in [0, 0.1) is 0 Å². The molecule has 100 valence electrons. The van der Waals surface area contributed by atoms with Crippen molar-refractivity contribution < 1.29 is 8.42 Å². The predicted molar refractivity (Wildman–Crippen MR) is 77.1 cm³/mol. The van der Waals surface area contributed by atoms with Gasteiger partial charge in [-0.3, -0.25) is 0 Å². The van der Waals surface area contributed by atoms with E-state index in [1.54, 1.807) is 30.0 Å². The van der Waals surface area contributed by atoms with Gasteiger partial charge >= 0.3 is 0 Å². The van der Waals surface area contributed by atoms with Gasteiger partial charge in [0.1, 0.15) is 4.90 Å². The molecule has 0 radical (unpaired) electrons. The molecular weight excluding hydrogens is 313 g/mol. The van der Waals surface area contributed by atoms with E-state index in [9.17, 15) is 8.42 Å². The third-order valence-corrected chi connectivity index (χ3v) is 6.37. The molecule has 3 nitrogen and oxygen atoms in total. The minimum Gasteiger partial charge on any atom is -0.207 e. The SMILES string of the molecule is O=S(=O)(c1cc(CCl)ccc1Cl)N1CCSCC1. The Morgan fingerprint density at radius 2 is 1.94 bits per heavy atom. The first kappa shape index (κ1) is 14.5. The molecule has 0 aromatic heterocycles. The molecule has 1 saturated heterocycles. The lowest BCUT2D eigenvalue weighted by Crippen LogP contribution is -2.38. The van der Waals surface area contributed by atoms with E-state index in [0.29, 0.717) is 13.1 Å². The highest BCUT2D eigenvalue weighted by Gasteiger charge is 2.28. The van der Waals surface area contributed by atoms with E-state index in [2.05, 4.69) is 0 Å². The van der Waals surface area contributed by atoms with Crippen LogP contribution in [0.3, 0.4) is 0 Å². The van der Waals surface area contributed by atoms with Gasteiger partial charge in [-0.25, -0.2) is 8.42 Å². The summed E-state index contributed by atoms with van der Waals surface area (Å²) in [6.45, 7) is 1.07. The summed E-state index contributed by atoms with van der Waals surface area (Å²) < 4.78 is 26.4. The van der Waals surface area contributed by atoms with Crippen molar-refractivity contribution in [3.63, 3.8) is 0 Å². The third-order valence-electron chi connectivity index (χ3n) is 2.74. The van der Waals surface area contributed by atoms with Crippen LogP contribution in [0.1, 0.15) is 5.56 Å². The third kappa shape index (κ3) is 2.96. The normalized spacial score (nSPS) is 17.9. The summed E-state index contributed by atoms with van der Waals surface area (Å²) in [5.41, 5.74) is 0.756. The number of sulfonamides is 1. The van der Waals surface area contributed by atoms with E-state index in [1.807, 2.05) is 0 Å². The average Bonchev–Trinajstić information content (AvgIpc) is 2.40. The van der Waals surface area contributed by atoms with Gasteiger partial charge in [-0.05, 0) is 17.7 Å². The molecule has 0 unspecified atom stereocenters. The lowest BCUT2D eigenvalue weighted by molar-refractivity contribution is 0.443. The van der Waals surface area contributed by atoms with Crippen LogP contribution in [-0.2, 0) is 15.9 Å². The Kier molecular flexibility index (Phi) is 4.83. The number of halogens is 2. The zero-order chi connectivity index (χ0) is 13.2. The Hall–Kier alpha value is 0.0600. The molecule has 0 spiro atoms. The number of benzene rings is 1. The molecule has 1 heterocycles. The number of rotatable bonds is 3. The summed E-state index contributed by atoms with van der Waals surface area (Å²) in [5, 5.41) is 0.252. The zero-order valence-electron chi connectivity index (χ0n) is 9.60. The molecular formula is C11H13Cl2NO2S2. The minimum absolute atomic E-state index is 0.161. The molecule has 1 aromatic rings. The summed E-state index contributed by atoms with van der Waals surface area (Å²) >= 11 is 13.5. The highest BCUT2D eigenvalue weighted by molar-refractivity contribution is 7.99. The number of hydrogen-bond acceptors (Lipinski definition) is 3. The maximum absolute atomic E-state index is 12.5. The summed E-state index contributed by atoms with van der Waals surface area (Å²) in [6.07, 6.45) is 0. The number of thioether (sulfide) groups is 1. The number of alkyl halides is 1. The highest BCUT2D eigenvalue weighted by Crippen LogP contribution is 2.27. The highest BCUT2D eigenvalue weighted by atomic mass is 35.5. The fourth-order valence-corrected chi connectivity index (χ4v) is 5.02. The number of hydrogen-bond donors (Lipinski definition) is 0. The van der Waals surface area contributed by atoms with Gasteiger partial charge in [-0.15, -0.1) is 11.6 Å². The Morgan fingerprint density at radius 1 is 1.28 bits per heavy atom. The van der Waals surface area contributed by atoms with Gasteiger partial charge in [-0.1, -0.05) is 17.7 Å². The van der Waals surface area contributed by atoms with Gasteiger partial charge in [0.2, 0.25) is 10.0 Å². The molecule has 7 heteroatoms. The van der Waals surface area contributed by atoms with Crippen LogP contribution in [0.4, 0.5) is 0 Å². The largest absolute Gasteiger partial charge is 0.244 e. The monoisotopic (exact) mass is 325 g/mol. The van der Waals surface area contributed by atoms with Crippen LogP contribution in [0.15, 0.2) is 23.1 Å². The van der Waals surface area contributed by atoms with Crippen LogP contribution in [0.25, 0.3) is 0 Å². The van der Waals surface area contributed by atoms with Crippen molar-refractivity contribution in [3.05, 3.63) is 28.8 Å². The van der Waals surface area contributed by atoms with Gasteiger partial charge < -0.3 is 0 Å². The minimum atomic E-state index is -3.50. The Morgan fingerprint density at radius 3 is 2.56 bits per heavy atom. The maximum Gasteiger partial charge on any atom is 0.244 e. The van der Waals surface area contributed by atoms with Crippen molar-refractivity contribution in [3.8, 4) is 0 Å². The standard InChI is InChI=1S/C11H13Cl2NO2S2/c12-8-9-1-2-10(13)11(7-9)18(15,16)14-3-5-17-6-4-14/h1-2,7H,3-6,8H2. The molecule has 0 bridgehead atoms. The quantitative estimate of drug-likeness (QED) is 0.802. The van der Waals surface area contributed by atoms with Crippen molar-refractivity contribution in [2.75, 3.05) is 24.6 Å². The molecule has 1 aliphatic rings. The van der Waals surface area contributed by atoms with E-state index in [-0.39, 0.29) is 15.8 Å². The maximum atomic E-state index is 12.5. The first-order valence-electron chi connectivity index (χ1n) is 5.48. The van der Waals surface area contributed by atoms with Crippen molar-refractivity contribution in [1.82, 2.24) is 4.31 Å². The molecule has 1 fully saturated rings. The van der Waals surface area contributed by atoms with Gasteiger partial charge in [0, 0.05) is 30.5 Å². The van der Waals surface area contributed by atoms with Gasteiger partial charge in [0.15, 0.2) is 0 Å². The van der Waals surface area contributed by atoms with Crippen molar-refractivity contribution in [2.24, 2.45) is 0 Å². The summed E-state index contributed by atoms with van der Waals surface area (Å²) in [5.74, 6) is 1.92. The molecule has 1 aromatic carbocycles. The molecule has 0 saturated carbocycles. The molecule has 0 amide bonds. The second kappa shape index (κ2) is 6.01. The van der Waals surface area contributed by atoms with Crippen molar-refractivity contribution >= 4 is 45.0 Å². The molecule has 0 N–H and O–H groups in total. The fourth-order valence-electron chi connectivity index (χ4n) is 1.75. The zero-order valence-corrected chi connectivity index (χ0v) is 12.7. The predicted octanol–water partition coefficient (Wildman–Crippen LogP) is 2.82. The molecule has 0 atom stereocenters. The summed E-state index contributed by atoms with van der Waals surface area (Å²) in [4.78, 5) is 0.161. The summed E-state index contributed by atoms with van der Waals surface area (Å²) in [7, 11) is -3.50. The topological polar surface area (TPSA) is 37.4 Å². The van der Waals surface area contributed by atoms with Crippen LogP contribution in [0.2, 0.25) is 5.02 Å². The molecule has 2 rings (SSSR count). The van der Waals surface area contributed by atoms with Crippen LogP contribution in [-0.4, -0.2) is 37.3 Å². The lowest BCUT2D eigenvalue weighted by Gasteiger charge is -2.26. The Balaban J connectivity index is 2.39. The van der Waals surface area contributed by atoms with E-state index < -0.39 is 10.0 Å². The van der Waals surface area contributed by atoms with Gasteiger partial charge in [-0.2, -0.15) is 16.1 Å². The van der Waals surface area contributed by atoms with Crippen LogP contribution in [0.5, 0.6) is 0 Å².